The van der Waals surface area contributed by atoms with Crippen LogP contribution in [0.1, 0.15) is 35.7 Å². The maximum atomic E-state index is 6.47. The number of aryl methyl sites for hydroxylation is 1. The monoisotopic (exact) mass is 354 g/mol. The highest BCUT2D eigenvalue weighted by Gasteiger charge is 2.25. The van der Waals surface area contributed by atoms with Gasteiger partial charge in [-0.3, -0.25) is 0 Å². The number of halogens is 1. The number of hydrogen-bond donors (Lipinski definition) is 1. The lowest BCUT2D eigenvalue weighted by molar-refractivity contribution is 0.534. The zero-order valence-corrected chi connectivity index (χ0v) is 14.0. The Morgan fingerprint density at radius 1 is 1.14 bits per heavy atom. The second-order valence-corrected chi connectivity index (χ2v) is 7.01. The molecule has 0 amide bonds. The fraction of sp³-hybridized carbons (Fsp3) is 0.263. The molecule has 1 unspecified atom stereocenters. The molecular formula is C19H19BrN2. The normalized spacial score (nSPS) is 17.6. The summed E-state index contributed by atoms with van der Waals surface area (Å²) in [7, 11) is 0. The lowest BCUT2D eigenvalue weighted by Gasteiger charge is -2.22. The summed E-state index contributed by atoms with van der Waals surface area (Å²) in [6.07, 6.45) is 3.41. The van der Waals surface area contributed by atoms with E-state index in [1.165, 1.54) is 34.1 Å². The largest absolute Gasteiger partial charge is 0.338 e. The summed E-state index contributed by atoms with van der Waals surface area (Å²) < 4.78 is 3.55. The average molecular weight is 355 g/mol. The number of hydrogen-bond acceptors (Lipinski definition) is 1. The van der Waals surface area contributed by atoms with Crippen LogP contribution in [0, 0.1) is 0 Å². The molecule has 2 nitrogen and oxygen atoms in total. The van der Waals surface area contributed by atoms with Crippen molar-refractivity contribution in [1.82, 2.24) is 4.57 Å². The quantitative estimate of drug-likeness (QED) is 0.704. The Bertz CT molecular complexity index is 820. The molecule has 3 aromatic rings. The highest BCUT2D eigenvalue weighted by atomic mass is 79.9. The Kier molecular flexibility index (Phi) is 3.55. The van der Waals surface area contributed by atoms with Gasteiger partial charge in [0.1, 0.15) is 0 Å². The van der Waals surface area contributed by atoms with Gasteiger partial charge in [-0.2, -0.15) is 0 Å². The van der Waals surface area contributed by atoms with Gasteiger partial charge in [0.2, 0.25) is 0 Å². The molecular weight excluding hydrogens is 336 g/mol. The first-order valence-corrected chi connectivity index (χ1v) is 8.63. The van der Waals surface area contributed by atoms with Gasteiger partial charge in [0.25, 0.3) is 0 Å². The maximum absolute atomic E-state index is 6.47. The Labute approximate surface area is 139 Å². The van der Waals surface area contributed by atoms with Gasteiger partial charge < -0.3 is 10.3 Å². The second-order valence-electron chi connectivity index (χ2n) is 6.10. The van der Waals surface area contributed by atoms with Gasteiger partial charge in [0, 0.05) is 33.7 Å². The van der Waals surface area contributed by atoms with E-state index in [1.807, 2.05) is 0 Å². The highest BCUT2D eigenvalue weighted by Crippen LogP contribution is 2.37. The number of benzene rings is 2. The van der Waals surface area contributed by atoms with Crippen molar-refractivity contribution in [2.24, 2.45) is 5.73 Å². The van der Waals surface area contributed by atoms with Crippen LogP contribution in [0.2, 0.25) is 0 Å². The third kappa shape index (κ3) is 2.29. The predicted octanol–water partition coefficient (Wildman–Crippen LogP) is 4.79. The zero-order valence-electron chi connectivity index (χ0n) is 12.4. The molecule has 1 aliphatic carbocycles. The minimum Gasteiger partial charge on any atom is -0.338 e. The molecule has 1 atom stereocenters. The molecule has 4 rings (SSSR count). The van der Waals surface area contributed by atoms with Crippen molar-refractivity contribution in [3.05, 3.63) is 69.8 Å². The molecule has 1 heterocycles. The van der Waals surface area contributed by atoms with Crippen molar-refractivity contribution >= 4 is 26.8 Å². The zero-order chi connectivity index (χ0) is 15.1. The van der Waals surface area contributed by atoms with Crippen LogP contribution >= 0.6 is 15.9 Å². The summed E-state index contributed by atoms with van der Waals surface area (Å²) >= 11 is 3.62. The van der Waals surface area contributed by atoms with Crippen molar-refractivity contribution < 1.29 is 0 Å². The van der Waals surface area contributed by atoms with Crippen molar-refractivity contribution in [3.63, 3.8) is 0 Å². The van der Waals surface area contributed by atoms with Gasteiger partial charge in [-0.15, -0.1) is 0 Å². The van der Waals surface area contributed by atoms with Crippen molar-refractivity contribution in [2.75, 3.05) is 0 Å². The van der Waals surface area contributed by atoms with E-state index in [0.717, 1.165) is 23.9 Å². The van der Waals surface area contributed by atoms with Gasteiger partial charge in [0.15, 0.2) is 0 Å². The third-order valence-electron chi connectivity index (χ3n) is 4.65. The summed E-state index contributed by atoms with van der Waals surface area (Å²) in [5.74, 6) is 0. The van der Waals surface area contributed by atoms with Crippen LogP contribution in [-0.2, 0) is 13.0 Å². The highest BCUT2D eigenvalue weighted by molar-refractivity contribution is 9.10. The smallest absolute Gasteiger partial charge is 0.0500 e. The first kappa shape index (κ1) is 14.0. The van der Waals surface area contributed by atoms with E-state index >= 15 is 0 Å². The van der Waals surface area contributed by atoms with Crippen LogP contribution < -0.4 is 5.73 Å². The first-order valence-electron chi connectivity index (χ1n) is 7.84. The first-order chi connectivity index (χ1) is 10.7. The molecule has 0 radical (unpaired) electrons. The minimum atomic E-state index is 0.152. The number of nitrogens with two attached hydrogens (primary N) is 1. The third-order valence-corrected chi connectivity index (χ3v) is 5.15. The van der Waals surface area contributed by atoms with Gasteiger partial charge >= 0.3 is 0 Å². The lowest BCUT2D eigenvalue weighted by Crippen LogP contribution is -2.21. The van der Waals surface area contributed by atoms with Crippen LogP contribution in [0.25, 0.3) is 10.9 Å². The Morgan fingerprint density at radius 3 is 2.77 bits per heavy atom. The number of fused-ring (bicyclic) bond motifs is 3. The molecule has 112 valence electrons. The van der Waals surface area contributed by atoms with Gasteiger partial charge in [-0.05, 0) is 42.5 Å². The Balaban J connectivity index is 1.95. The number of rotatable bonds is 2. The summed E-state index contributed by atoms with van der Waals surface area (Å²) in [6, 6.07) is 17.4. The summed E-state index contributed by atoms with van der Waals surface area (Å²) in [6.45, 7) is 0.886. The van der Waals surface area contributed by atoms with Crippen molar-refractivity contribution in [2.45, 2.75) is 31.8 Å². The molecule has 0 saturated carbocycles. The molecule has 2 aromatic carbocycles. The lowest BCUT2D eigenvalue weighted by atomic mass is 9.92. The average Bonchev–Trinajstić information content (AvgIpc) is 2.83. The van der Waals surface area contributed by atoms with Gasteiger partial charge in [0.05, 0.1) is 0 Å². The molecule has 0 spiro atoms. The molecule has 0 saturated heterocycles. The van der Waals surface area contributed by atoms with E-state index in [0.29, 0.717) is 0 Å². The summed E-state index contributed by atoms with van der Waals surface area (Å²) in [5, 5.41) is 1.37. The van der Waals surface area contributed by atoms with E-state index in [2.05, 4.69) is 69.0 Å². The molecule has 1 aromatic heterocycles. The number of aromatic nitrogens is 1. The molecule has 0 bridgehead atoms. The van der Waals surface area contributed by atoms with E-state index < -0.39 is 0 Å². The Morgan fingerprint density at radius 2 is 1.95 bits per heavy atom. The standard InChI is InChI=1S/C19H19BrN2/c20-14-9-10-15-16-7-4-8-17(21)19(16)22(18(15)11-14)12-13-5-2-1-3-6-13/h1-3,5-6,9-11,17H,4,7-8,12,21H2. The van der Waals surface area contributed by atoms with Crippen LogP contribution in [-0.4, -0.2) is 4.57 Å². The second kappa shape index (κ2) is 5.56. The van der Waals surface area contributed by atoms with E-state index in [-0.39, 0.29) is 6.04 Å². The van der Waals surface area contributed by atoms with Crippen LogP contribution in [0.4, 0.5) is 0 Å². The van der Waals surface area contributed by atoms with E-state index in [1.54, 1.807) is 0 Å². The molecule has 2 N–H and O–H groups in total. The molecule has 0 fully saturated rings. The van der Waals surface area contributed by atoms with Crippen LogP contribution in [0.3, 0.4) is 0 Å². The number of nitrogens with zero attached hydrogens (tertiary/aromatic N) is 1. The SMILES string of the molecule is NC1CCCc2c1n(Cc1ccccc1)c1cc(Br)ccc21. The molecule has 22 heavy (non-hydrogen) atoms. The fourth-order valence-corrected chi connectivity index (χ4v) is 4.02. The van der Waals surface area contributed by atoms with Gasteiger partial charge in [-0.25, -0.2) is 0 Å². The Hall–Kier alpha value is -1.58. The van der Waals surface area contributed by atoms with E-state index in [9.17, 15) is 0 Å². The van der Waals surface area contributed by atoms with Gasteiger partial charge in [-0.1, -0.05) is 52.3 Å². The van der Waals surface area contributed by atoms with Crippen LogP contribution in [0.15, 0.2) is 53.0 Å². The maximum Gasteiger partial charge on any atom is 0.0500 e. The molecule has 3 heteroatoms. The topological polar surface area (TPSA) is 30.9 Å². The minimum absolute atomic E-state index is 0.152. The molecule has 1 aliphatic rings. The summed E-state index contributed by atoms with van der Waals surface area (Å²) in [5.41, 5.74) is 11.9. The van der Waals surface area contributed by atoms with Crippen LogP contribution in [0.5, 0.6) is 0 Å². The molecule has 0 aliphatic heterocycles. The fourth-order valence-electron chi connectivity index (χ4n) is 3.67. The summed E-state index contributed by atoms with van der Waals surface area (Å²) in [4.78, 5) is 0. The predicted molar refractivity (Wildman–Crippen MR) is 95.0 cm³/mol. The van der Waals surface area contributed by atoms with Crippen molar-refractivity contribution in [3.8, 4) is 0 Å². The van der Waals surface area contributed by atoms with Crippen molar-refractivity contribution in [1.29, 1.82) is 0 Å². The van der Waals surface area contributed by atoms with E-state index in [4.69, 9.17) is 5.73 Å².